The van der Waals surface area contributed by atoms with E-state index in [4.69, 9.17) is 9.47 Å². The highest BCUT2D eigenvalue weighted by Crippen LogP contribution is 2.62. The van der Waals surface area contributed by atoms with Crippen molar-refractivity contribution in [3.05, 3.63) is 117 Å². The number of Topliss-reactive ketones (excluding diaryl/α,β-unsaturated/α-hetero) is 3. The van der Waals surface area contributed by atoms with Gasteiger partial charge in [-0.2, -0.15) is 0 Å². The van der Waals surface area contributed by atoms with Gasteiger partial charge in [0.15, 0.2) is 17.3 Å². The molecule has 1 saturated heterocycles. The number of ketones is 3. The number of anilines is 1. The average Bonchev–Trinajstić information content (AvgIpc) is 3.70. The third-order valence-corrected chi connectivity index (χ3v) is 9.41. The molecule has 1 fully saturated rings. The summed E-state index contributed by atoms with van der Waals surface area (Å²) >= 11 is 1.36. The average molecular weight is 548 g/mol. The van der Waals surface area contributed by atoms with Gasteiger partial charge in [0, 0.05) is 34.4 Å². The van der Waals surface area contributed by atoms with Gasteiger partial charge in [0.2, 0.25) is 0 Å². The summed E-state index contributed by atoms with van der Waals surface area (Å²) in [5.74, 6) is -0.476. The maximum absolute atomic E-state index is 14.7. The van der Waals surface area contributed by atoms with Crippen LogP contribution >= 0.6 is 11.3 Å². The lowest BCUT2D eigenvalue weighted by atomic mass is 9.64. The largest absolute Gasteiger partial charge is 0.497 e. The minimum atomic E-state index is -1.58. The van der Waals surface area contributed by atoms with Crippen LogP contribution in [0.2, 0.25) is 0 Å². The second kappa shape index (κ2) is 9.03. The van der Waals surface area contributed by atoms with Gasteiger partial charge < -0.3 is 14.4 Å². The predicted molar refractivity (Wildman–Crippen MR) is 154 cm³/mol. The first kappa shape index (κ1) is 24.5. The minimum Gasteiger partial charge on any atom is -0.497 e. The van der Waals surface area contributed by atoms with E-state index in [-0.39, 0.29) is 17.3 Å². The highest BCUT2D eigenvalue weighted by molar-refractivity contribution is 7.12. The summed E-state index contributed by atoms with van der Waals surface area (Å²) in [6, 6.07) is 22.3. The molecule has 40 heavy (non-hydrogen) atoms. The smallest absolute Gasteiger partial charge is 0.195 e. The topological polar surface area (TPSA) is 72.9 Å². The summed E-state index contributed by atoms with van der Waals surface area (Å²) in [4.78, 5) is 46.5. The van der Waals surface area contributed by atoms with Crippen LogP contribution in [0, 0.1) is 5.41 Å². The van der Waals surface area contributed by atoms with Crippen molar-refractivity contribution in [3.63, 3.8) is 0 Å². The molecule has 7 heteroatoms. The molecule has 4 aromatic rings. The number of methoxy groups -OCH3 is 2. The first-order valence-electron chi connectivity index (χ1n) is 13.1. The number of carbonyl (C=O) groups is 3. The summed E-state index contributed by atoms with van der Waals surface area (Å²) in [6.45, 7) is 0. The number of carbonyl (C=O) groups excluding carboxylic acids is 3. The van der Waals surface area contributed by atoms with E-state index in [1.165, 1.54) is 11.3 Å². The van der Waals surface area contributed by atoms with Gasteiger partial charge in [0.25, 0.3) is 0 Å². The first-order chi connectivity index (χ1) is 19.5. The molecule has 0 amide bonds. The van der Waals surface area contributed by atoms with E-state index in [1.54, 1.807) is 56.7 Å². The van der Waals surface area contributed by atoms with E-state index in [1.807, 2.05) is 58.8 Å². The number of thiophene rings is 1. The number of fused-ring (bicyclic) bond motifs is 5. The van der Waals surface area contributed by atoms with E-state index in [0.717, 1.165) is 11.3 Å². The molecule has 0 bridgehead atoms. The number of hydrogen-bond acceptors (Lipinski definition) is 7. The van der Waals surface area contributed by atoms with Crippen LogP contribution in [0.25, 0.3) is 6.08 Å². The lowest BCUT2D eigenvalue weighted by Crippen LogP contribution is -2.48. The summed E-state index contributed by atoms with van der Waals surface area (Å²) < 4.78 is 11.3. The molecule has 0 radical (unpaired) electrons. The summed E-state index contributed by atoms with van der Waals surface area (Å²) in [5.41, 5.74) is 1.56. The number of para-hydroxylation sites is 1. The van der Waals surface area contributed by atoms with Crippen molar-refractivity contribution >= 4 is 40.4 Å². The van der Waals surface area contributed by atoms with Crippen molar-refractivity contribution in [1.82, 2.24) is 0 Å². The lowest BCUT2D eigenvalue weighted by Gasteiger charge is -2.37. The Morgan fingerprint density at radius 3 is 2.27 bits per heavy atom. The number of ether oxygens (including phenoxy) is 2. The second-order valence-corrected chi connectivity index (χ2v) is 11.2. The maximum Gasteiger partial charge on any atom is 0.195 e. The third kappa shape index (κ3) is 3.12. The van der Waals surface area contributed by atoms with Crippen LogP contribution in [-0.2, 0) is 0 Å². The van der Waals surface area contributed by atoms with Gasteiger partial charge in [-0.05, 0) is 29.1 Å². The van der Waals surface area contributed by atoms with E-state index < -0.39 is 23.4 Å². The number of nitrogens with zero attached hydrogens (tertiary/aromatic N) is 1. The standard InChI is InChI=1S/C33H25NO5S/c1-38-20-14-15-23(25(18-20)39-2)28-29(30(35)26-12-7-17-40-26)34-24-11-6-3-8-19(24)13-16-27(34)33(28)31(36)21-9-4-5-10-22(21)32(33)37/h3-18,27-29H,1-2H3/t27-,28+,29-/m0/s1. The Kier molecular flexibility index (Phi) is 5.54. The van der Waals surface area contributed by atoms with Crippen LogP contribution in [-0.4, -0.2) is 43.7 Å². The van der Waals surface area contributed by atoms with E-state index >= 15 is 0 Å². The molecule has 6 nitrogen and oxygen atoms in total. The SMILES string of the molecule is COc1ccc([C@@H]2[C@@H](C(=O)c3cccs3)N3c4ccccc4C=C[C@H]3C23C(=O)c2ccccc2C3=O)c(OC)c1. The fourth-order valence-corrected chi connectivity index (χ4v) is 7.60. The summed E-state index contributed by atoms with van der Waals surface area (Å²) in [6.07, 6.45) is 3.89. The molecule has 198 valence electrons. The van der Waals surface area contributed by atoms with Crippen molar-refractivity contribution in [2.75, 3.05) is 19.1 Å². The zero-order valence-electron chi connectivity index (χ0n) is 21.9. The molecule has 0 unspecified atom stereocenters. The van der Waals surface area contributed by atoms with Crippen LogP contribution in [0.1, 0.15) is 47.4 Å². The Morgan fingerprint density at radius 2 is 1.60 bits per heavy atom. The lowest BCUT2D eigenvalue weighted by molar-refractivity contribution is 0.0665. The number of hydrogen-bond donors (Lipinski definition) is 0. The van der Waals surface area contributed by atoms with Crippen molar-refractivity contribution in [1.29, 1.82) is 0 Å². The van der Waals surface area contributed by atoms with Gasteiger partial charge in [-0.25, -0.2) is 0 Å². The molecule has 1 spiro atoms. The van der Waals surface area contributed by atoms with Crippen LogP contribution < -0.4 is 14.4 Å². The Balaban J connectivity index is 1.57. The molecule has 7 rings (SSSR count). The molecule has 3 aliphatic rings. The molecule has 0 saturated carbocycles. The normalized spacial score (nSPS) is 21.8. The minimum absolute atomic E-state index is 0.138. The summed E-state index contributed by atoms with van der Waals surface area (Å²) in [5, 5.41) is 1.87. The van der Waals surface area contributed by atoms with Gasteiger partial charge >= 0.3 is 0 Å². The third-order valence-electron chi connectivity index (χ3n) is 8.52. The van der Waals surface area contributed by atoms with E-state index in [0.29, 0.717) is 33.1 Å². The molecular formula is C33H25NO5S. The zero-order valence-corrected chi connectivity index (χ0v) is 22.7. The van der Waals surface area contributed by atoms with Crippen LogP contribution in [0.3, 0.4) is 0 Å². The quantitative estimate of drug-likeness (QED) is 0.223. The Morgan fingerprint density at radius 1 is 0.875 bits per heavy atom. The van der Waals surface area contributed by atoms with E-state index in [9.17, 15) is 14.4 Å². The molecule has 3 aromatic carbocycles. The monoisotopic (exact) mass is 547 g/mol. The predicted octanol–water partition coefficient (Wildman–Crippen LogP) is 6.08. The molecule has 3 atom stereocenters. The first-order valence-corrected chi connectivity index (χ1v) is 13.9. The molecule has 3 heterocycles. The van der Waals surface area contributed by atoms with Gasteiger partial charge in [0.1, 0.15) is 23.0 Å². The highest BCUT2D eigenvalue weighted by Gasteiger charge is 2.72. The number of benzene rings is 3. The van der Waals surface area contributed by atoms with Crippen molar-refractivity contribution in [3.8, 4) is 11.5 Å². The van der Waals surface area contributed by atoms with Gasteiger partial charge in [-0.3, -0.25) is 14.4 Å². The molecule has 1 aromatic heterocycles. The molecular weight excluding hydrogens is 522 g/mol. The second-order valence-electron chi connectivity index (χ2n) is 10.2. The summed E-state index contributed by atoms with van der Waals surface area (Å²) in [7, 11) is 3.11. The van der Waals surface area contributed by atoms with Crippen LogP contribution in [0.15, 0.2) is 90.3 Å². The van der Waals surface area contributed by atoms with Crippen molar-refractivity contribution in [2.24, 2.45) is 5.41 Å². The van der Waals surface area contributed by atoms with Gasteiger partial charge in [-0.1, -0.05) is 66.7 Å². The maximum atomic E-state index is 14.7. The van der Waals surface area contributed by atoms with E-state index in [2.05, 4.69) is 0 Å². The fourth-order valence-electron chi connectivity index (χ4n) is 6.90. The Bertz CT molecular complexity index is 1690. The molecule has 2 aliphatic heterocycles. The molecule has 0 N–H and O–H groups in total. The Hall–Kier alpha value is -4.49. The Labute approximate surface area is 235 Å². The number of rotatable bonds is 5. The zero-order chi connectivity index (χ0) is 27.6. The van der Waals surface area contributed by atoms with Gasteiger partial charge in [0.05, 0.1) is 25.1 Å². The molecule has 1 aliphatic carbocycles. The van der Waals surface area contributed by atoms with Crippen LogP contribution in [0.5, 0.6) is 11.5 Å². The van der Waals surface area contributed by atoms with Crippen molar-refractivity contribution < 1.29 is 23.9 Å². The fraction of sp³-hybridized carbons (Fsp3) is 0.182. The highest BCUT2D eigenvalue weighted by atomic mass is 32.1. The van der Waals surface area contributed by atoms with Crippen LogP contribution in [0.4, 0.5) is 5.69 Å². The van der Waals surface area contributed by atoms with Gasteiger partial charge in [-0.15, -0.1) is 11.3 Å². The van der Waals surface area contributed by atoms with Crippen molar-refractivity contribution in [2.45, 2.75) is 18.0 Å².